The van der Waals surface area contributed by atoms with E-state index in [2.05, 4.69) is 11.4 Å². The first-order valence-electron chi connectivity index (χ1n) is 9.18. The number of methoxy groups -OCH3 is 1. The highest BCUT2D eigenvalue weighted by atomic mass is 16.5. The van der Waals surface area contributed by atoms with Gasteiger partial charge in [0.1, 0.15) is 11.3 Å². The molecule has 0 aliphatic heterocycles. The van der Waals surface area contributed by atoms with Gasteiger partial charge in [-0.3, -0.25) is 14.2 Å². The van der Waals surface area contributed by atoms with Crippen molar-refractivity contribution in [1.29, 1.82) is 5.26 Å². The summed E-state index contributed by atoms with van der Waals surface area (Å²) >= 11 is 0. The first-order valence-corrected chi connectivity index (χ1v) is 9.18. The normalized spacial score (nSPS) is 10.2. The Morgan fingerprint density at radius 1 is 1.14 bits per heavy atom. The van der Waals surface area contributed by atoms with Crippen molar-refractivity contribution in [2.75, 3.05) is 13.7 Å². The van der Waals surface area contributed by atoms with Crippen LogP contribution in [-0.4, -0.2) is 24.1 Å². The fourth-order valence-corrected chi connectivity index (χ4v) is 3.08. The summed E-state index contributed by atoms with van der Waals surface area (Å²) in [6.45, 7) is 2.17. The molecular formula is C23H21N3O3. The van der Waals surface area contributed by atoms with Gasteiger partial charge in [-0.1, -0.05) is 18.2 Å². The lowest BCUT2D eigenvalue weighted by molar-refractivity contribution is 0.0952. The third-order valence-electron chi connectivity index (χ3n) is 4.59. The highest BCUT2D eigenvalue weighted by Crippen LogP contribution is 2.13. The van der Waals surface area contributed by atoms with Crippen LogP contribution >= 0.6 is 0 Å². The maximum Gasteiger partial charge on any atom is 0.268 e. The summed E-state index contributed by atoms with van der Waals surface area (Å²) in [7, 11) is 1.61. The van der Waals surface area contributed by atoms with Crippen molar-refractivity contribution in [2.45, 2.75) is 13.3 Å². The van der Waals surface area contributed by atoms with Crippen LogP contribution in [0.2, 0.25) is 0 Å². The van der Waals surface area contributed by atoms with Crippen LogP contribution in [0.3, 0.4) is 0 Å². The number of pyridine rings is 1. The molecule has 1 amide bonds. The first kappa shape index (κ1) is 19.9. The Bertz CT molecular complexity index is 1140. The average molecular weight is 387 g/mol. The number of ether oxygens (including phenoxy) is 1. The summed E-state index contributed by atoms with van der Waals surface area (Å²) in [5.74, 6) is 0.331. The fraction of sp³-hybridized carbons (Fsp3) is 0.174. The van der Waals surface area contributed by atoms with Crippen molar-refractivity contribution in [1.82, 2.24) is 9.88 Å². The minimum absolute atomic E-state index is 0.0589. The zero-order chi connectivity index (χ0) is 20.8. The molecule has 0 bridgehead atoms. The van der Waals surface area contributed by atoms with Gasteiger partial charge in [-0.15, -0.1) is 0 Å². The van der Waals surface area contributed by atoms with E-state index >= 15 is 0 Å². The Labute approximate surface area is 169 Å². The van der Waals surface area contributed by atoms with Crippen LogP contribution < -0.4 is 15.6 Å². The number of aryl methyl sites for hydroxylation is 1. The summed E-state index contributed by atoms with van der Waals surface area (Å²) < 4.78 is 6.64. The standard InChI is InChI=1S/C23H21N3O3/c1-16-9-10-21(23(28)26(16)19-7-3-6-18(13-19)15-24)22(27)25-12-11-17-5-4-8-20(14-17)29-2/h3-10,13-14H,11-12H2,1-2H3,(H,25,27). The quantitative estimate of drug-likeness (QED) is 0.705. The second kappa shape index (κ2) is 8.89. The highest BCUT2D eigenvalue weighted by Gasteiger charge is 2.15. The van der Waals surface area contributed by atoms with Crippen LogP contribution in [0.5, 0.6) is 5.75 Å². The molecular weight excluding hydrogens is 366 g/mol. The number of rotatable bonds is 6. The molecule has 1 aromatic heterocycles. The predicted octanol–water partition coefficient (Wildman–Crippen LogP) is 3.00. The van der Waals surface area contributed by atoms with E-state index < -0.39 is 11.5 Å². The molecule has 2 aromatic carbocycles. The van der Waals surface area contributed by atoms with E-state index in [1.54, 1.807) is 44.4 Å². The fourth-order valence-electron chi connectivity index (χ4n) is 3.08. The van der Waals surface area contributed by atoms with E-state index in [1.807, 2.05) is 24.3 Å². The number of amides is 1. The number of hydrogen-bond donors (Lipinski definition) is 1. The van der Waals surface area contributed by atoms with Gasteiger partial charge in [0.15, 0.2) is 0 Å². The Kier molecular flexibility index (Phi) is 6.10. The Morgan fingerprint density at radius 2 is 1.93 bits per heavy atom. The smallest absolute Gasteiger partial charge is 0.268 e. The SMILES string of the molecule is COc1cccc(CCNC(=O)c2ccc(C)n(-c3cccc(C#N)c3)c2=O)c1. The van der Waals surface area contributed by atoms with Gasteiger partial charge < -0.3 is 10.1 Å². The lowest BCUT2D eigenvalue weighted by Crippen LogP contribution is -2.34. The van der Waals surface area contributed by atoms with Gasteiger partial charge >= 0.3 is 0 Å². The summed E-state index contributed by atoms with van der Waals surface area (Å²) in [6, 6.07) is 19.7. The summed E-state index contributed by atoms with van der Waals surface area (Å²) in [5.41, 5.74) is 2.35. The molecule has 0 unspecified atom stereocenters. The molecule has 1 heterocycles. The number of carbonyl (C=O) groups is 1. The molecule has 0 radical (unpaired) electrons. The van der Waals surface area contributed by atoms with Gasteiger partial charge in [0.05, 0.1) is 24.4 Å². The Morgan fingerprint density at radius 3 is 2.69 bits per heavy atom. The van der Waals surface area contributed by atoms with E-state index in [0.29, 0.717) is 29.9 Å². The molecule has 0 saturated carbocycles. The molecule has 0 aliphatic carbocycles. The second-order valence-corrected chi connectivity index (χ2v) is 6.55. The molecule has 6 nitrogen and oxygen atoms in total. The number of nitrogens with one attached hydrogen (secondary N) is 1. The highest BCUT2D eigenvalue weighted by molar-refractivity contribution is 5.93. The van der Waals surface area contributed by atoms with E-state index in [-0.39, 0.29) is 5.56 Å². The van der Waals surface area contributed by atoms with Gasteiger partial charge in [-0.25, -0.2) is 0 Å². The molecule has 146 valence electrons. The predicted molar refractivity (Wildman–Crippen MR) is 111 cm³/mol. The molecule has 6 heteroatoms. The third-order valence-corrected chi connectivity index (χ3v) is 4.59. The summed E-state index contributed by atoms with van der Waals surface area (Å²) in [4.78, 5) is 25.5. The zero-order valence-electron chi connectivity index (χ0n) is 16.3. The van der Waals surface area contributed by atoms with Crippen molar-refractivity contribution < 1.29 is 9.53 Å². The molecule has 0 spiro atoms. The van der Waals surface area contributed by atoms with Crippen LogP contribution in [0.1, 0.15) is 27.2 Å². The van der Waals surface area contributed by atoms with Crippen LogP contribution in [-0.2, 0) is 6.42 Å². The number of carbonyl (C=O) groups excluding carboxylic acids is 1. The minimum Gasteiger partial charge on any atom is -0.497 e. The topological polar surface area (TPSA) is 84.1 Å². The first-order chi connectivity index (χ1) is 14.0. The second-order valence-electron chi connectivity index (χ2n) is 6.55. The number of nitriles is 1. The van der Waals surface area contributed by atoms with Gasteiger partial charge in [0.25, 0.3) is 11.5 Å². The van der Waals surface area contributed by atoms with Gasteiger partial charge in [0.2, 0.25) is 0 Å². The number of benzene rings is 2. The Balaban J connectivity index is 1.79. The maximum atomic E-state index is 13.0. The van der Waals surface area contributed by atoms with Gasteiger partial charge in [-0.2, -0.15) is 5.26 Å². The molecule has 0 fully saturated rings. The van der Waals surface area contributed by atoms with E-state index in [4.69, 9.17) is 10.00 Å². The average Bonchev–Trinajstić information content (AvgIpc) is 2.74. The summed E-state index contributed by atoms with van der Waals surface area (Å²) in [6.07, 6.45) is 0.618. The Hall–Kier alpha value is -3.85. The monoisotopic (exact) mass is 387 g/mol. The lowest BCUT2D eigenvalue weighted by Gasteiger charge is -2.12. The lowest BCUT2D eigenvalue weighted by atomic mass is 10.1. The van der Waals surface area contributed by atoms with E-state index in [1.165, 1.54) is 10.6 Å². The molecule has 1 N–H and O–H groups in total. The molecule has 29 heavy (non-hydrogen) atoms. The molecule has 3 aromatic rings. The van der Waals surface area contributed by atoms with Crippen molar-refractivity contribution in [3.63, 3.8) is 0 Å². The van der Waals surface area contributed by atoms with Crippen LogP contribution in [0.15, 0.2) is 65.5 Å². The van der Waals surface area contributed by atoms with Crippen LogP contribution in [0.4, 0.5) is 0 Å². The van der Waals surface area contributed by atoms with Gasteiger partial charge in [0, 0.05) is 12.2 Å². The number of aromatic nitrogens is 1. The maximum absolute atomic E-state index is 13.0. The van der Waals surface area contributed by atoms with Crippen molar-refractivity contribution >= 4 is 5.91 Å². The van der Waals surface area contributed by atoms with E-state index in [9.17, 15) is 9.59 Å². The van der Waals surface area contributed by atoms with Crippen molar-refractivity contribution in [2.24, 2.45) is 0 Å². The molecule has 0 atom stereocenters. The van der Waals surface area contributed by atoms with Crippen molar-refractivity contribution in [3.05, 3.63) is 93.4 Å². The van der Waals surface area contributed by atoms with Crippen molar-refractivity contribution in [3.8, 4) is 17.5 Å². The molecule has 3 rings (SSSR count). The largest absolute Gasteiger partial charge is 0.497 e. The van der Waals surface area contributed by atoms with Gasteiger partial charge in [-0.05, 0) is 61.4 Å². The number of nitrogens with zero attached hydrogens (tertiary/aromatic N) is 2. The molecule has 0 aliphatic rings. The minimum atomic E-state index is -0.428. The molecule has 0 saturated heterocycles. The zero-order valence-corrected chi connectivity index (χ0v) is 16.3. The van der Waals surface area contributed by atoms with Crippen LogP contribution in [0, 0.1) is 18.3 Å². The third kappa shape index (κ3) is 4.53. The van der Waals surface area contributed by atoms with Crippen LogP contribution in [0.25, 0.3) is 5.69 Å². The summed E-state index contributed by atoms with van der Waals surface area (Å²) in [5, 5.41) is 11.9. The van der Waals surface area contributed by atoms with E-state index in [0.717, 1.165) is 11.3 Å². The number of hydrogen-bond acceptors (Lipinski definition) is 4.